The Morgan fingerprint density at radius 3 is 1.73 bits per heavy atom. The Labute approximate surface area is 302 Å². The average Bonchev–Trinajstić information content (AvgIpc) is 3.61. The van der Waals surface area contributed by atoms with Crippen LogP contribution in [0.2, 0.25) is 0 Å². The molecule has 1 aromatic heterocycles. The van der Waals surface area contributed by atoms with Gasteiger partial charge in [0.25, 0.3) is 0 Å². The molecule has 0 atom stereocenters. The van der Waals surface area contributed by atoms with Gasteiger partial charge in [0.05, 0.1) is 5.69 Å². The maximum atomic E-state index is 6.22. The lowest BCUT2D eigenvalue weighted by molar-refractivity contribution is 0.669. The number of benzene rings is 9. The third-order valence-electron chi connectivity index (χ3n) is 10.3. The Kier molecular flexibility index (Phi) is 7.18. The van der Waals surface area contributed by atoms with Crippen LogP contribution in [-0.4, -0.2) is 0 Å². The minimum Gasteiger partial charge on any atom is -0.456 e. The number of para-hydroxylation sites is 2. The van der Waals surface area contributed by atoms with E-state index in [2.05, 4.69) is 193 Å². The Morgan fingerprint density at radius 1 is 0.327 bits per heavy atom. The van der Waals surface area contributed by atoms with Crippen molar-refractivity contribution >= 4 is 60.5 Å². The van der Waals surface area contributed by atoms with Crippen LogP contribution in [0.15, 0.2) is 205 Å². The zero-order valence-electron chi connectivity index (χ0n) is 28.4. The number of hydrogen-bond donors (Lipinski definition) is 0. The van der Waals surface area contributed by atoms with E-state index in [0.717, 1.165) is 39.2 Å². The number of fused-ring (bicyclic) bond motifs is 6. The monoisotopic (exact) mass is 663 g/mol. The highest BCUT2D eigenvalue weighted by Gasteiger charge is 2.18. The van der Waals surface area contributed by atoms with E-state index in [9.17, 15) is 0 Å². The van der Waals surface area contributed by atoms with E-state index in [-0.39, 0.29) is 0 Å². The van der Waals surface area contributed by atoms with E-state index in [0.29, 0.717) is 0 Å². The molecule has 0 aliphatic carbocycles. The van der Waals surface area contributed by atoms with Crippen molar-refractivity contribution in [2.75, 3.05) is 4.90 Å². The predicted octanol–water partition coefficient (Wildman–Crippen LogP) is 14.4. The van der Waals surface area contributed by atoms with Crippen LogP contribution in [0.1, 0.15) is 0 Å². The van der Waals surface area contributed by atoms with Crippen molar-refractivity contribution in [3.63, 3.8) is 0 Å². The first kappa shape index (κ1) is 30.0. The van der Waals surface area contributed by atoms with Gasteiger partial charge in [-0.15, -0.1) is 0 Å². The highest BCUT2D eigenvalue weighted by molar-refractivity contribution is 6.19. The molecule has 244 valence electrons. The van der Waals surface area contributed by atoms with Gasteiger partial charge in [0.15, 0.2) is 0 Å². The summed E-state index contributed by atoms with van der Waals surface area (Å²) in [7, 11) is 0. The molecule has 0 radical (unpaired) electrons. The van der Waals surface area contributed by atoms with Gasteiger partial charge in [0.2, 0.25) is 0 Å². The lowest BCUT2D eigenvalue weighted by atomic mass is 9.97. The smallest absolute Gasteiger partial charge is 0.136 e. The summed E-state index contributed by atoms with van der Waals surface area (Å²) in [6, 6.07) is 71.7. The molecule has 0 saturated carbocycles. The maximum Gasteiger partial charge on any atom is 0.136 e. The van der Waals surface area contributed by atoms with Crippen molar-refractivity contribution in [3.05, 3.63) is 200 Å². The lowest BCUT2D eigenvalue weighted by Gasteiger charge is -2.28. The molecule has 9 aromatic carbocycles. The van der Waals surface area contributed by atoms with Crippen LogP contribution in [0.5, 0.6) is 0 Å². The normalized spacial score (nSPS) is 11.5. The second kappa shape index (κ2) is 12.5. The van der Waals surface area contributed by atoms with Gasteiger partial charge >= 0.3 is 0 Å². The molecule has 10 aromatic rings. The minimum atomic E-state index is 0.917. The summed E-state index contributed by atoms with van der Waals surface area (Å²) in [6.45, 7) is 0. The fourth-order valence-corrected chi connectivity index (χ4v) is 7.75. The highest BCUT2D eigenvalue weighted by Crippen LogP contribution is 2.43. The molecule has 2 heteroatoms. The summed E-state index contributed by atoms with van der Waals surface area (Å²) in [5.41, 5.74) is 12.3. The van der Waals surface area contributed by atoms with Gasteiger partial charge in [-0.1, -0.05) is 152 Å². The van der Waals surface area contributed by atoms with Gasteiger partial charge < -0.3 is 9.32 Å². The van der Waals surface area contributed by atoms with E-state index in [4.69, 9.17) is 4.42 Å². The molecule has 10 rings (SSSR count). The molecule has 0 aliphatic rings. The second-order valence-corrected chi connectivity index (χ2v) is 13.3. The molecule has 0 saturated heterocycles. The fraction of sp³-hybridized carbons (Fsp3) is 0. The zero-order chi connectivity index (χ0) is 34.4. The third kappa shape index (κ3) is 5.12. The number of nitrogens with zero attached hydrogens (tertiary/aromatic N) is 1. The van der Waals surface area contributed by atoms with Crippen LogP contribution in [0.4, 0.5) is 17.1 Å². The van der Waals surface area contributed by atoms with Gasteiger partial charge in [0.1, 0.15) is 11.2 Å². The molecule has 2 nitrogen and oxygen atoms in total. The highest BCUT2D eigenvalue weighted by atomic mass is 16.3. The summed E-state index contributed by atoms with van der Waals surface area (Å²) in [6.07, 6.45) is 0. The standard InChI is InChI=1S/C50H33NO/c1-2-11-36(12-3-1)44-16-6-8-19-47(44)51(41-30-25-37(26-31-41)43-18-10-14-35-13-4-5-15-42(35)43)40-28-23-34(24-29-40)39-22-21-38-27-32-49-50(46(38)33-39)45-17-7-9-20-48(45)52-49/h1-33H. The van der Waals surface area contributed by atoms with Gasteiger partial charge in [-0.3, -0.25) is 0 Å². The van der Waals surface area contributed by atoms with E-state index < -0.39 is 0 Å². The first-order valence-corrected chi connectivity index (χ1v) is 17.8. The first-order valence-electron chi connectivity index (χ1n) is 17.8. The largest absolute Gasteiger partial charge is 0.456 e. The maximum absolute atomic E-state index is 6.22. The molecule has 0 aliphatic heterocycles. The molecular weight excluding hydrogens is 631 g/mol. The molecule has 1 heterocycles. The van der Waals surface area contributed by atoms with E-state index in [1.54, 1.807) is 0 Å². The van der Waals surface area contributed by atoms with Crippen molar-refractivity contribution < 1.29 is 4.42 Å². The van der Waals surface area contributed by atoms with Crippen LogP contribution in [-0.2, 0) is 0 Å². The summed E-state index contributed by atoms with van der Waals surface area (Å²) in [5.74, 6) is 0. The minimum absolute atomic E-state index is 0.917. The number of hydrogen-bond acceptors (Lipinski definition) is 2. The molecule has 0 spiro atoms. The van der Waals surface area contributed by atoms with Crippen LogP contribution in [0, 0.1) is 0 Å². The lowest BCUT2D eigenvalue weighted by Crippen LogP contribution is -2.11. The Morgan fingerprint density at radius 2 is 0.904 bits per heavy atom. The third-order valence-corrected chi connectivity index (χ3v) is 10.3. The Hall–Kier alpha value is -6.90. The van der Waals surface area contributed by atoms with E-state index >= 15 is 0 Å². The molecule has 0 bridgehead atoms. The van der Waals surface area contributed by atoms with Crippen LogP contribution in [0.3, 0.4) is 0 Å². The van der Waals surface area contributed by atoms with Gasteiger partial charge in [0, 0.05) is 27.7 Å². The topological polar surface area (TPSA) is 16.4 Å². The quantitative estimate of drug-likeness (QED) is 0.176. The summed E-state index contributed by atoms with van der Waals surface area (Å²) >= 11 is 0. The fourth-order valence-electron chi connectivity index (χ4n) is 7.75. The van der Waals surface area contributed by atoms with E-state index in [1.807, 2.05) is 12.1 Å². The SMILES string of the molecule is c1ccc(-c2ccccc2N(c2ccc(-c3ccc4ccc5oc6ccccc6c5c4c3)cc2)c2ccc(-c3cccc4ccccc34)cc2)cc1. The predicted molar refractivity (Wildman–Crippen MR) is 220 cm³/mol. The van der Waals surface area contributed by atoms with Gasteiger partial charge in [-0.2, -0.15) is 0 Å². The molecular formula is C50H33NO. The van der Waals surface area contributed by atoms with E-state index in [1.165, 1.54) is 54.7 Å². The van der Waals surface area contributed by atoms with Gasteiger partial charge in [-0.05, 0) is 97.9 Å². The summed E-state index contributed by atoms with van der Waals surface area (Å²) in [4.78, 5) is 2.38. The molecule has 0 fully saturated rings. The molecule has 52 heavy (non-hydrogen) atoms. The second-order valence-electron chi connectivity index (χ2n) is 13.3. The zero-order valence-corrected chi connectivity index (χ0v) is 28.4. The Bertz CT molecular complexity index is 2880. The number of anilines is 3. The number of furan rings is 1. The van der Waals surface area contributed by atoms with Crippen molar-refractivity contribution in [1.82, 2.24) is 0 Å². The van der Waals surface area contributed by atoms with Crippen molar-refractivity contribution in [2.24, 2.45) is 0 Å². The summed E-state index contributed by atoms with van der Waals surface area (Å²) in [5, 5.41) is 7.23. The first-order chi connectivity index (χ1) is 25.8. The van der Waals surface area contributed by atoms with Crippen molar-refractivity contribution in [3.8, 4) is 33.4 Å². The van der Waals surface area contributed by atoms with Crippen LogP contribution < -0.4 is 4.90 Å². The van der Waals surface area contributed by atoms with Crippen LogP contribution >= 0.6 is 0 Å². The molecule has 0 N–H and O–H groups in total. The Balaban J connectivity index is 1.09. The average molecular weight is 664 g/mol. The van der Waals surface area contributed by atoms with Crippen LogP contribution in [0.25, 0.3) is 76.9 Å². The van der Waals surface area contributed by atoms with Gasteiger partial charge in [-0.25, -0.2) is 0 Å². The molecule has 0 unspecified atom stereocenters. The summed E-state index contributed by atoms with van der Waals surface area (Å²) < 4.78 is 6.22. The molecule has 0 amide bonds. The van der Waals surface area contributed by atoms with Crippen molar-refractivity contribution in [1.29, 1.82) is 0 Å². The number of rotatable bonds is 6. The van der Waals surface area contributed by atoms with Crippen molar-refractivity contribution in [2.45, 2.75) is 0 Å².